The number of hydrogen-bond donors (Lipinski definition) is 3. The van der Waals surface area contributed by atoms with Gasteiger partial charge in [-0.2, -0.15) is 0 Å². The standard InChI is InChI=1S/C54H111O3P/c1-4-7-10-13-16-19-22-25-28-31-34-37-52(40-46-55)43-49-58(50-44-53(41-47-56)38-35-32-29-26-23-20-17-14-11-8-5-2)51-45-54(42-48-57)39-36-33-30-27-24-21-18-15-12-9-6-3/h52-57H,4-51H2,1-3H3. The highest BCUT2D eigenvalue weighted by Crippen LogP contribution is 2.43. The van der Waals surface area contributed by atoms with Crippen molar-refractivity contribution in [1.82, 2.24) is 0 Å². The maximum Gasteiger partial charge on any atom is 0.0433 e. The van der Waals surface area contributed by atoms with E-state index in [0.29, 0.717) is 37.6 Å². The molecule has 4 heteroatoms. The van der Waals surface area contributed by atoms with Crippen molar-refractivity contribution in [1.29, 1.82) is 0 Å². The lowest BCUT2D eigenvalue weighted by Gasteiger charge is -2.26. The summed E-state index contributed by atoms with van der Waals surface area (Å²) in [5.41, 5.74) is 0. The summed E-state index contributed by atoms with van der Waals surface area (Å²) in [6, 6.07) is 0. The Morgan fingerprint density at radius 1 is 0.241 bits per heavy atom. The van der Waals surface area contributed by atoms with E-state index in [2.05, 4.69) is 20.8 Å². The van der Waals surface area contributed by atoms with Gasteiger partial charge in [-0.05, 0) is 74.8 Å². The van der Waals surface area contributed by atoms with Crippen LogP contribution in [-0.2, 0) is 0 Å². The summed E-state index contributed by atoms with van der Waals surface area (Å²) in [5.74, 6) is 2.05. The maximum absolute atomic E-state index is 10.0. The van der Waals surface area contributed by atoms with Gasteiger partial charge in [0.05, 0.1) is 0 Å². The third-order valence-corrected chi connectivity index (χ3v) is 16.5. The average Bonchev–Trinajstić information content (AvgIpc) is 3.23. The first-order valence-corrected chi connectivity index (χ1v) is 29.1. The van der Waals surface area contributed by atoms with Crippen LogP contribution in [0.1, 0.15) is 290 Å². The minimum Gasteiger partial charge on any atom is -0.396 e. The van der Waals surface area contributed by atoms with E-state index in [1.54, 1.807) is 0 Å². The molecule has 350 valence electrons. The topological polar surface area (TPSA) is 60.7 Å². The van der Waals surface area contributed by atoms with Crippen molar-refractivity contribution in [3.8, 4) is 0 Å². The van der Waals surface area contributed by atoms with Gasteiger partial charge in [-0.1, -0.05) is 252 Å². The molecule has 0 saturated heterocycles. The molecule has 3 atom stereocenters. The fraction of sp³-hybridized carbons (Fsp3) is 1.00. The smallest absolute Gasteiger partial charge is 0.0433 e. The molecular weight excluding hydrogens is 728 g/mol. The Balaban J connectivity index is 4.92. The Kier molecular flexibility index (Phi) is 50.2. The van der Waals surface area contributed by atoms with Crippen LogP contribution in [0.2, 0.25) is 0 Å². The predicted molar refractivity (Wildman–Crippen MR) is 264 cm³/mol. The Hall–Kier alpha value is 0.310. The number of aliphatic hydroxyl groups is 3. The normalized spacial score (nSPS) is 14.0. The average molecular weight is 839 g/mol. The van der Waals surface area contributed by atoms with Crippen molar-refractivity contribution >= 4 is 7.92 Å². The Morgan fingerprint density at radius 3 is 0.621 bits per heavy atom. The molecule has 0 aliphatic heterocycles. The lowest BCUT2D eigenvalue weighted by Crippen LogP contribution is -2.12. The molecule has 58 heavy (non-hydrogen) atoms. The van der Waals surface area contributed by atoms with Crippen molar-refractivity contribution < 1.29 is 15.3 Å². The van der Waals surface area contributed by atoms with Crippen molar-refractivity contribution in [2.45, 2.75) is 290 Å². The highest BCUT2D eigenvalue weighted by Gasteiger charge is 2.18. The Bertz CT molecular complexity index is 638. The zero-order chi connectivity index (χ0) is 42.3. The Labute approximate surface area is 368 Å². The largest absolute Gasteiger partial charge is 0.396 e. The van der Waals surface area contributed by atoms with Gasteiger partial charge in [0.2, 0.25) is 0 Å². The van der Waals surface area contributed by atoms with Crippen molar-refractivity contribution in [3.63, 3.8) is 0 Å². The third kappa shape index (κ3) is 43.0. The second-order valence-corrected chi connectivity index (χ2v) is 22.0. The summed E-state index contributed by atoms with van der Waals surface area (Å²) >= 11 is 0. The van der Waals surface area contributed by atoms with Crippen LogP contribution in [-0.4, -0.2) is 53.6 Å². The molecule has 0 aromatic rings. The van der Waals surface area contributed by atoms with Gasteiger partial charge in [-0.25, -0.2) is 0 Å². The molecular formula is C54H111O3P. The molecule has 0 heterocycles. The second kappa shape index (κ2) is 50.0. The van der Waals surface area contributed by atoms with Gasteiger partial charge in [-0.15, -0.1) is 7.92 Å². The van der Waals surface area contributed by atoms with Crippen LogP contribution < -0.4 is 0 Å². The van der Waals surface area contributed by atoms with Crippen LogP contribution in [0, 0.1) is 17.8 Å². The zero-order valence-electron chi connectivity index (χ0n) is 40.5. The molecule has 0 aliphatic rings. The molecule has 0 radical (unpaired) electrons. The first-order valence-electron chi connectivity index (χ1n) is 27.2. The van der Waals surface area contributed by atoms with Gasteiger partial charge in [0.25, 0.3) is 0 Å². The van der Waals surface area contributed by atoms with E-state index in [1.165, 1.54) is 269 Å². The lowest BCUT2D eigenvalue weighted by atomic mass is 9.95. The van der Waals surface area contributed by atoms with E-state index in [9.17, 15) is 15.3 Å². The fourth-order valence-electron chi connectivity index (χ4n) is 9.57. The highest BCUT2D eigenvalue weighted by atomic mass is 31.1. The number of hydrogen-bond acceptors (Lipinski definition) is 3. The molecule has 0 aromatic heterocycles. The molecule has 0 aliphatic carbocycles. The quantitative estimate of drug-likeness (QED) is 0.0422. The van der Waals surface area contributed by atoms with E-state index in [1.807, 2.05) is 0 Å². The third-order valence-electron chi connectivity index (χ3n) is 13.8. The van der Waals surface area contributed by atoms with E-state index in [-0.39, 0.29) is 7.92 Å². The van der Waals surface area contributed by atoms with E-state index in [0.717, 1.165) is 19.3 Å². The predicted octanol–water partition coefficient (Wildman–Crippen LogP) is 17.7. The summed E-state index contributed by atoms with van der Waals surface area (Å²) in [5, 5.41) is 30.0. The van der Waals surface area contributed by atoms with Gasteiger partial charge in [-0.3, -0.25) is 0 Å². The minimum atomic E-state index is -0.0391. The van der Waals surface area contributed by atoms with Crippen LogP contribution in [0.5, 0.6) is 0 Å². The second-order valence-electron chi connectivity index (χ2n) is 19.3. The number of rotatable bonds is 51. The SMILES string of the molecule is CCCCCCCCCCCCCC(CCO)CCP(CCC(CCO)CCCCCCCCCCCCC)CCC(CCO)CCCCCCCCCCCCC. The van der Waals surface area contributed by atoms with Gasteiger partial charge < -0.3 is 15.3 Å². The van der Waals surface area contributed by atoms with Crippen LogP contribution in [0.4, 0.5) is 0 Å². The van der Waals surface area contributed by atoms with Crippen molar-refractivity contribution in [2.75, 3.05) is 38.3 Å². The first-order chi connectivity index (χ1) is 28.6. The van der Waals surface area contributed by atoms with Gasteiger partial charge in [0.1, 0.15) is 0 Å². The summed E-state index contributed by atoms with van der Waals surface area (Å²) < 4.78 is 0. The van der Waals surface area contributed by atoms with Gasteiger partial charge in [0.15, 0.2) is 0 Å². The zero-order valence-corrected chi connectivity index (χ0v) is 41.4. The number of aliphatic hydroxyl groups excluding tert-OH is 3. The van der Waals surface area contributed by atoms with Crippen LogP contribution in [0.3, 0.4) is 0 Å². The molecule has 0 spiro atoms. The Morgan fingerprint density at radius 2 is 0.431 bits per heavy atom. The summed E-state index contributed by atoms with van der Waals surface area (Å²) in [7, 11) is -0.0391. The van der Waals surface area contributed by atoms with E-state index >= 15 is 0 Å². The molecule has 3 nitrogen and oxygen atoms in total. The van der Waals surface area contributed by atoms with Crippen LogP contribution in [0.15, 0.2) is 0 Å². The van der Waals surface area contributed by atoms with Gasteiger partial charge >= 0.3 is 0 Å². The van der Waals surface area contributed by atoms with Gasteiger partial charge in [0, 0.05) is 19.8 Å². The van der Waals surface area contributed by atoms with Crippen molar-refractivity contribution in [3.05, 3.63) is 0 Å². The number of unbranched alkanes of at least 4 members (excludes halogenated alkanes) is 30. The fourth-order valence-corrected chi connectivity index (χ4v) is 12.4. The molecule has 0 saturated carbocycles. The summed E-state index contributed by atoms with van der Waals surface area (Å²) in [6.07, 6.45) is 61.1. The highest BCUT2D eigenvalue weighted by molar-refractivity contribution is 7.57. The molecule has 3 N–H and O–H groups in total. The van der Waals surface area contributed by atoms with E-state index in [4.69, 9.17) is 0 Å². The first kappa shape index (κ1) is 58.3. The summed E-state index contributed by atoms with van der Waals surface area (Å²) in [4.78, 5) is 0. The van der Waals surface area contributed by atoms with Crippen molar-refractivity contribution in [2.24, 2.45) is 17.8 Å². The molecule has 0 fully saturated rings. The summed E-state index contributed by atoms with van der Waals surface area (Å²) in [6.45, 7) is 7.94. The lowest BCUT2D eigenvalue weighted by molar-refractivity contribution is 0.246. The van der Waals surface area contributed by atoms with Crippen LogP contribution >= 0.6 is 7.92 Å². The monoisotopic (exact) mass is 839 g/mol. The minimum absolute atomic E-state index is 0.0391. The molecule has 0 bridgehead atoms. The molecule has 0 aromatic carbocycles. The molecule has 3 unspecified atom stereocenters. The van der Waals surface area contributed by atoms with E-state index < -0.39 is 0 Å². The molecule has 0 amide bonds. The van der Waals surface area contributed by atoms with Crippen LogP contribution in [0.25, 0.3) is 0 Å². The molecule has 0 rings (SSSR count). The maximum atomic E-state index is 10.0.